The first-order valence-electron chi connectivity index (χ1n) is 8.26. The average Bonchev–Trinajstić information content (AvgIpc) is 3.00. The number of carbonyl (C=O) groups is 1. The van der Waals surface area contributed by atoms with Gasteiger partial charge in [0.05, 0.1) is 0 Å². The van der Waals surface area contributed by atoms with Crippen LogP contribution in [0, 0.1) is 0 Å². The fraction of sp³-hybridized carbons (Fsp3) is 0.706. The maximum Gasteiger partial charge on any atom is 0.222 e. The van der Waals surface area contributed by atoms with Crippen molar-refractivity contribution in [3.05, 3.63) is 22.4 Å². The number of unbranched alkanes of at least 4 members (excludes halogenated alkanes) is 2. The van der Waals surface area contributed by atoms with Crippen LogP contribution in [0.5, 0.6) is 0 Å². The molecule has 2 heterocycles. The molecule has 1 aliphatic rings. The molecule has 2 N–H and O–H groups in total. The minimum atomic E-state index is 0.0908. The van der Waals surface area contributed by atoms with Crippen molar-refractivity contribution in [3.63, 3.8) is 0 Å². The Balaban J connectivity index is 1.66. The Morgan fingerprint density at radius 1 is 1.43 bits per heavy atom. The van der Waals surface area contributed by atoms with E-state index in [9.17, 15) is 4.79 Å². The highest BCUT2D eigenvalue weighted by molar-refractivity contribution is 7.09. The number of carbonyl (C=O) groups excluding carboxylic acids is 1. The number of amides is 1. The number of hydrogen-bond donors (Lipinski definition) is 1. The number of nitrogens with two attached hydrogens (primary N) is 1. The van der Waals surface area contributed by atoms with Crippen LogP contribution in [0.25, 0.3) is 0 Å². The van der Waals surface area contributed by atoms with E-state index in [1.165, 1.54) is 17.7 Å². The molecule has 2 unspecified atom stereocenters. The Kier molecular flexibility index (Phi) is 6.71. The van der Waals surface area contributed by atoms with Gasteiger partial charge in [-0.2, -0.15) is 0 Å². The molecule has 0 saturated carbocycles. The second-order valence-corrected chi connectivity index (χ2v) is 7.18. The molecular weight excluding hydrogens is 280 g/mol. The summed E-state index contributed by atoms with van der Waals surface area (Å²) in [5, 5.41) is 2.13. The van der Waals surface area contributed by atoms with Crippen molar-refractivity contribution in [2.45, 2.75) is 70.4 Å². The fourth-order valence-corrected chi connectivity index (χ4v) is 3.92. The van der Waals surface area contributed by atoms with E-state index < -0.39 is 0 Å². The van der Waals surface area contributed by atoms with Gasteiger partial charge in [-0.15, -0.1) is 11.3 Å². The lowest BCUT2D eigenvalue weighted by Crippen LogP contribution is -2.51. The molecule has 1 amide bonds. The Hall–Kier alpha value is -0.870. The predicted molar refractivity (Wildman–Crippen MR) is 89.5 cm³/mol. The molecule has 1 fully saturated rings. The number of thiophene rings is 1. The van der Waals surface area contributed by atoms with E-state index in [-0.39, 0.29) is 12.1 Å². The van der Waals surface area contributed by atoms with Gasteiger partial charge in [0.25, 0.3) is 0 Å². The zero-order valence-electron chi connectivity index (χ0n) is 13.1. The van der Waals surface area contributed by atoms with E-state index in [1.54, 1.807) is 0 Å². The topological polar surface area (TPSA) is 46.3 Å². The van der Waals surface area contributed by atoms with Crippen LogP contribution in [-0.2, 0) is 11.2 Å². The van der Waals surface area contributed by atoms with Crippen molar-refractivity contribution >= 4 is 17.2 Å². The van der Waals surface area contributed by atoms with Crippen molar-refractivity contribution in [3.8, 4) is 0 Å². The van der Waals surface area contributed by atoms with Gasteiger partial charge in [-0.1, -0.05) is 12.5 Å². The SMILES string of the molecule is CC(N)C1CCCCN1C(=O)CCCCCc1cccs1. The summed E-state index contributed by atoms with van der Waals surface area (Å²) in [7, 11) is 0. The Labute approximate surface area is 132 Å². The van der Waals surface area contributed by atoms with Crippen LogP contribution in [-0.4, -0.2) is 29.4 Å². The normalized spacial score (nSPS) is 20.5. The molecular formula is C17H28N2OS. The third-order valence-electron chi connectivity index (χ3n) is 4.37. The maximum absolute atomic E-state index is 12.4. The van der Waals surface area contributed by atoms with Gasteiger partial charge in [0, 0.05) is 29.9 Å². The number of nitrogens with zero attached hydrogens (tertiary/aromatic N) is 1. The van der Waals surface area contributed by atoms with Gasteiger partial charge in [0.15, 0.2) is 0 Å². The third-order valence-corrected chi connectivity index (χ3v) is 5.31. The summed E-state index contributed by atoms with van der Waals surface area (Å²) in [6.45, 7) is 2.93. The first-order chi connectivity index (χ1) is 10.2. The van der Waals surface area contributed by atoms with Gasteiger partial charge in [0.1, 0.15) is 0 Å². The molecule has 1 aromatic rings. The summed E-state index contributed by atoms with van der Waals surface area (Å²) in [6.07, 6.45) is 8.58. The van der Waals surface area contributed by atoms with Crippen LogP contribution in [0.3, 0.4) is 0 Å². The van der Waals surface area contributed by atoms with Crippen molar-refractivity contribution in [1.29, 1.82) is 0 Å². The Morgan fingerprint density at radius 2 is 2.29 bits per heavy atom. The summed E-state index contributed by atoms with van der Waals surface area (Å²) in [6, 6.07) is 4.65. The third kappa shape index (κ3) is 5.11. The molecule has 3 nitrogen and oxygen atoms in total. The first-order valence-corrected chi connectivity index (χ1v) is 9.14. The zero-order chi connectivity index (χ0) is 15.1. The van der Waals surface area contributed by atoms with E-state index in [0.29, 0.717) is 12.3 Å². The quantitative estimate of drug-likeness (QED) is 0.783. The summed E-state index contributed by atoms with van der Waals surface area (Å²) < 4.78 is 0. The van der Waals surface area contributed by atoms with Crippen molar-refractivity contribution < 1.29 is 4.79 Å². The standard InChI is InChI=1S/C17H28N2OS/c1-14(18)16-10-5-6-12-19(16)17(20)11-4-2-3-8-15-9-7-13-21-15/h7,9,13-14,16H,2-6,8,10-12,18H2,1H3. The van der Waals surface area contributed by atoms with Gasteiger partial charge in [0.2, 0.25) is 5.91 Å². The molecule has 21 heavy (non-hydrogen) atoms. The van der Waals surface area contributed by atoms with Crippen molar-refractivity contribution in [2.24, 2.45) is 5.73 Å². The van der Waals surface area contributed by atoms with Gasteiger partial charge in [-0.3, -0.25) is 4.79 Å². The van der Waals surface area contributed by atoms with E-state index in [4.69, 9.17) is 5.73 Å². The monoisotopic (exact) mass is 308 g/mol. The molecule has 0 aromatic carbocycles. The molecule has 2 rings (SSSR count). The van der Waals surface area contributed by atoms with Crippen LogP contribution < -0.4 is 5.73 Å². The number of piperidine rings is 1. The van der Waals surface area contributed by atoms with Crippen molar-refractivity contribution in [2.75, 3.05) is 6.54 Å². The van der Waals surface area contributed by atoms with Crippen LogP contribution in [0.4, 0.5) is 0 Å². The second-order valence-electron chi connectivity index (χ2n) is 6.15. The van der Waals surface area contributed by atoms with E-state index in [0.717, 1.165) is 38.6 Å². The molecule has 2 atom stereocenters. The van der Waals surface area contributed by atoms with Gasteiger partial charge in [-0.25, -0.2) is 0 Å². The summed E-state index contributed by atoms with van der Waals surface area (Å²) in [5.41, 5.74) is 6.03. The van der Waals surface area contributed by atoms with Gasteiger partial charge in [-0.05, 0) is 56.9 Å². The molecule has 0 aliphatic carbocycles. The van der Waals surface area contributed by atoms with Gasteiger partial charge >= 0.3 is 0 Å². The number of rotatable bonds is 7. The highest BCUT2D eigenvalue weighted by atomic mass is 32.1. The highest BCUT2D eigenvalue weighted by Crippen LogP contribution is 2.21. The van der Waals surface area contributed by atoms with E-state index in [1.807, 2.05) is 23.2 Å². The predicted octanol–water partition coefficient (Wildman–Crippen LogP) is 3.58. The smallest absolute Gasteiger partial charge is 0.222 e. The summed E-state index contributed by atoms with van der Waals surface area (Å²) in [4.78, 5) is 15.9. The zero-order valence-corrected chi connectivity index (χ0v) is 13.9. The minimum Gasteiger partial charge on any atom is -0.338 e. The van der Waals surface area contributed by atoms with Crippen LogP contribution in [0.15, 0.2) is 17.5 Å². The average molecular weight is 308 g/mol. The second kappa shape index (κ2) is 8.54. The van der Waals surface area contributed by atoms with E-state index >= 15 is 0 Å². The lowest BCUT2D eigenvalue weighted by molar-refractivity contribution is -0.135. The Morgan fingerprint density at radius 3 is 3.00 bits per heavy atom. The van der Waals surface area contributed by atoms with Crippen LogP contribution >= 0.6 is 11.3 Å². The largest absolute Gasteiger partial charge is 0.338 e. The fourth-order valence-electron chi connectivity index (χ4n) is 3.16. The number of aryl methyl sites for hydroxylation is 1. The molecule has 1 aromatic heterocycles. The van der Waals surface area contributed by atoms with Gasteiger partial charge < -0.3 is 10.6 Å². The minimum absolute atomic E-state index is 0.0908. The maximum atomic E-state index is 12.4. The van der Waals surface area contributed by atoms with Crippen LogP contribution in [0.1, 0.15) is 56.7 Å². The van der Waals surface area contributed by atoms with E-state index in [2.05, 4.69) is 17.5 Å². The molecule has 4 heteroatoms. The molecule has 0 bridgehead atoms. The molecule has 1 saturated heterocycles. The molecule has 118 valence electrons. The highest BCUT2D eigenvalue weighted by Gasteiger charge is 2.28. The van der Waals surface area contributed by atoms with Crippen LogP contribution in [0.2, 0.25) is 0 Å². The molecule has 0 spiro atoms. The summed E-state index contributed by atoms with van der Waals surface area (Å²) in [5.74, 6) is 0.313. The van der Waals surface area contributed by atoms with Crippen molar-refractivity contribution in [1.82, 2.24) is 4.90 Å². The molecule has 0 radical (unpaired) electrons. The first kappa shape index (κ1) is 16.5. The lowest BCUT2D eigenvalue weighted by Gasteiger charge is -2.38. The Bertz CT molecular complexity index is 416. The number of likely N-dealkylation sites (tertiary alicyclic amines) is 1. The number of hydrogen-bond acceptors (Lipinski definition) is 3. The molecule has 1 aliphatic heterocycles. The lowest BCUT2D eigenvalue weighted by atomic mass is 9.96. The summed E-state index contributed by atoms with van der Waals surface area (Å²) >= 11 is 1.82.